The highest BCUT2D eigenvalue weighted by Crippen LogP contribution is 2.22. The summed E-state index contributed by atoms with van der Waals surface area (Å²) in [5, 5.41) is 19.1. The first-order valence-electron chi connectivity index (χ1n) is 8.67. The highest BCUT2D eigenvalue weighted by molar-refractivity contribution is 5.95. The summed E-state index contributed by atoms with van der Waals surface area (Å²) in [7, 11) is 0. The molecule has 2 aromatic carbocycles. The molecule has 1 heterocycles. The van der Waals surface area contributed by atoms with Crippen LogP contribution in [0.5, 0.6) is 11.5 Å². The van der Waals surface area contributed by atoms with E-state index in [4.69, 9.17) is 0 Å². The van der Waals surface area contributed by atoms with Crippen LogP contribution in [-0.4, -0.2) is 58.0 Å². The van der Waals surface area contributed by atoms with Crippen LogP contribution in [0.25, 0.3) is 0 Å². The number of carbonyl (C=O) groups excluding carboxylic acids is 2. The van der Waals surface area contributed by atoms with E-state index in [1.165, 1.54) is 18.2 Å². The summed E-state index contributed by atoms with van der Waals surface area (Å²) in [6, 6.07) is 13.5. The number of phenols is 2. The minimum Gasteiger partial charge on any atom is -0.508 e. The van der Waals surface area contributed by atoms with Gasteiger partial charge in [0.15, 0.2) is 0 Å². The van der Waals surface area contributed by atoms with E-state index in [1.54, 1.807) is 9.80 Å². The van der Waals surface area contributed by atoms with Crippen molar-refractivity contribution in [3.63, 3.8) is 0 Å². The van der Waals surface area contributed by atoms with E-state index >= 15 is 0 Å². The molecule has 2 aromatic rings. The van der Waals surface area contributed by atoms with Gasteiger partial charge in [-0.05, 0) is 24.1 Å². The number of rotatable bonds is 3. The number of amides is 2. The van der Waals surface area contributed by atoms with Crippen LogP contribution in [0.4, 0.5) is 0 Å². The normalized spacial score (nSPS) is 14.8. The van der Waals surface area contributed by atoms with Gasteiger partial charge >= 0.3 is 0 Å². The molecule has 2 N–H and O–H groups in total. The molecule has 0 saturated carbocycles. The number of phenolic OH excluding ortho intramolecular Hbond substituents is 2. The fourth-order valence-corrected chi connectivity index (χ4v) is 3.15. The van der Waals surface area contributed by atoms with E-state index in [0.29, 0.717) is 39.0 Å². The van der Waals surface area contributed by atoms with Gasteiger partial charge in [-0.1, -0.05) is 30.3 Å². The zero-order valence-corrected chi connectivity index (χ0v) is 14.5. The van der Waals surface area contributed by atoms with Crippen LogP contribution in [0.3, 0.4) is 0 Å². The smallest absolute Gasteiger partial charge is 0.254 e. The van der Waals surface area contributed by atoms with E-state index < -0.39 is 0 Å². The molecular formula is C20H22N2O4. The Labute approximate surface area is 152 Å². The third-order valence-corrected chi connectivity index (χ3v) is 4.48. The van der Waals surface area contributed by atoms with Crippen molar-refractivity contribution in [2.75, 3.05) is 26.2 Å². The molecule has 6 nitrogen and oxygen atoms in total. The Morgan fingerprint density at radius 2 is 1.46 bits per heavy atom. The van der Waals surface area contributed by atoms with Gasteiger partial charge in [0.1, 0.15) is 11.5 Å². The average molecular weight is 354 g/mol. The molecule has 1 fully saturated rings. The Morgan fingerprint density at radius 1 is 0.846 bits per heavy atom. The summed E-state index contributed by atoms with van der Waals surface area (Å²) in [5.74, 6) is -0.500. The average Bonchev–Trinajstić information content (AvgIpc) is 2.87. The quantitative estimate of drug-likeness (QED) is 0.884. The fourth-order valence-electron chi connectivity index (χ4n) is 3.15. The Kier molecular flexibility index (Phi) is 5.41. The van der Waals surface area contributed by atoms with Gasteiger partial charge in [-0.15, -0.1) is 0 Å². The van der Waals surface area contributed by atoms with Gasteiger partial charge in [0, 0.05) is 37.8 Å². The lowest BCUT2D eigenvalue weighted by atomic mass is 10.1. The zero-order valence-electron chi connectivity index (χ0n) is 14.5. The Morgan fingerprint density at radius 3 is 2.15 bits per heavy atom. The first kappa shape index (κ1) is 17.8. The lowest BCUT2D eigenvalue weighted by molar-refractivity contribution is -0.130. The van der Waals surface area contributed by atoms with Crippen LogP contribution in [0.1, 0.15) is 22.3 Å². The predicted molar refractivity (Wildman–Crippen MR) is 97.0 cm³/mol. The van der Waals surface area contributed by atoms with E-state index in [2.05, 4.69) is 0 Å². The summed E-state index contributed by atoms with van der Waals surface area (Å²) in [4.78, 5) is 28.6. The number of nitrogens with zero attached hydrogens (tertiary/aromatic N) is 2. The van der Waals surface area contributed by atoms with E-state index in [0.717, 1.165) is 5.56 Å². The van der Waals surface area contributed by atoms with Gasteiger partial charge in [0.2, 0.25) is 5.91 Å². The molecule has 6 heteroatoms. The molecule has 1 saturated heterocycles. The Hall–Kier alpha value is -3.02. The van der Waals surface area contributed by atoms with Crippen LogP contribution in [0, 0.1) is 0 Å². The SMILES string of the molecule is O=C(Cc1ccccc1)N1CCCN(C(=O)c2cc(O)cc(O)c2)CC1. The largest absolute Gasteiger partial charge is 0.508 e. The predicted octanol–water partition coefficient (Wildman–Crippen LogP) is 2.01. The second-order valence-electron chi connectivity index (χ2n) is 6.43. The van der Waals surface area contributed by atoms with Crippen LogP contribution < -0.4 is 0 Å². The van der Waals surface area contributed by atoms with E-state index in [9.17, 15) is 19.8 Å². The Balaban J connectivity index is 1.62. The van der Waals surface area contributed by atoms with E-state index in [1.807, 2.05) is 30.3 Å². The number of hydrogen-bond acceptors (Lipinski definition) is 4. The topological polar surface area (TPSA) is 81.1 Å². The molecule has 136 valence electrons. The van der Waals surface area contributed by atoms with Crippen molar-refractivity contribution in [1.29, 1.82) is 0 Å². The highest BCUT2D eigenvalue weighted by Gasteiger charge is 2.23. The second kappa shape index (κ2) is 7.91. The fraction of sp³-hybridized carbons (Fsp3) is 0.300. The maximum Gasteiger partial charge on any atom is 0.254 e. The van der Waals surface area contributed by atoms with Crippen molar-refractivity contribution >= 4 is 11.8 Å². The summed E-state index contributed by atoms with van der Waals surface area (Å²) in [6.07, 6.45) is 1.05. The Bertz CT molecular complexity index is 771. The summed E-state index contributed by atoms with van der Waals surface area (Å²) in [5.41, 5.74) is 1.22. The highest BCUT2D eigenvalue weighted by atomic mass is 16.3. The summed E-state index contributed by atoms with van der Waals surface area (Å²) < 4.78 is 0. The van der Waals surface area contributed by atoms with Gasteiger partial charge in [-0.2, -0.15) is 0 Å². The second-order valence-corrected chi connectivity index (χ2v) is 6.43. The molecule has 0 aromatic heterocycles. The van der Waals surface area contributed by atoms with Crippen molar-refractivity contribution in [3.05, 3.63) is 59.7 Å². The van der Waals surface area contributed by atoms with Crippen LogP contribution in [-0.2, 0) is 11.2 Å². The van der Waals surface area contributed by atoms with Crippen LogP contribution in [0.2, 0.25) is 0 Å². The van der Waals surface area contributed by atoms with Gasteiger partial charge < -0.3 is 20.0 Å². The number of hydrogen-bond donors (Lipinski definition) is 2. The van der Waals surface area contributed by atoms with Crippen molar-refractivity contribution in [1.82, 2.24) is 9.80 Å². The van der Waals surface area contributed by atoms with Crippen LogP contribution >= 0.6 is 0 Å². The monoisotopic (exact) mass is 354 g/mol. The molecule has 1 aliphatic rings. The van der Waals surface area contributed by atoms with Crippen molar-refractivity contribution in [2.45, 2.75) is 12.8 Å². The molecule has 0 aliphatic carbocycles. The van der Waals surface area contributed by atoms with E-state index in [-0.39, 0.29) is 28.9 Å². The summed E-state index contributed by atoms with van der Waals surface area (Å²) >= 11 is 0. The van der Waals surface area contributed by atoms with Gasteiger partial charge in [0.25, 0.3) is 5.91 Å². The zero-order chi connectivity index (χ0) is 18.5. The lowest BCUT2D eigenvalue weighted by Gasteiger charge is -2.22. The van der Waals surface area contributed by atoms with Gasteiger partial charge in [-0.25, -0.2) is 0 Å². The molecule has 0 spiro atoms. The first-order valence-corrected chi connectivity index (χ1v) is 8.67. The van der Waals surface area contributed by atoms with Gasteiger partial charge in [0.05, 0.1) is 6.42 Å². The van der Waals surface area contributed by atoms with Gasteiger partial charge in [-0.3, -0.25) is 9.59 Å². The standard InChI is InChI=1S/C20H22N2O4/c23-17-12-16(13-18(24)14-17)20(26)22-8-4-7-21(9-10-22)19(25)11-15-5-2-1-3-6-15/h1-3,5-6,12-14,23-24H,4,7-11H2. The maximum absolute atomic E-state index is 12.6. The number of aromatic hydroxyl groups is 2. The molecule has 26 heavy (non-hydrogen) atoms. The molecule has 3 rings (SSSR count). The molecule has 0 bridgehead atoms. The molecular weight excluding hydrogens is 332 g/mol. The third kappa shape index (κ3) is 4.33. The van der Waals surface area contributed by atoms with Crippen LogP contribution in [0.15, 0.2) is 48.5 Å². The van der Waals surface area contributed by atoms with Crippen molar-refractivity contribution < 1.29 is 19.8 Å². The molecule has 1 aliphatic heterocycles. The minimum atomic E-state index is -0.256. The molecule has 0 atom stereocenters. The molecule has 0 radical (unpaired) electrons. The van der Waals surface area contributed by atoms with Crippen molar-refractivity contribution in [2.24, 2.45) is 0 Å². The summed E-state index contributed by atoms with van der Waals surface area (Å²) in [6.45, 7) is 2.04. The number of carbonyl (C=O) groups is 2. The number of benzene rings is 2. The maximum atomic E-state index is 12.6. The third-order valence-electron chi connectivity index (χ3n) is 4.48. The minimum absolute atomic E-state index is 0.0560. The first-order chi connectivity index (χ1) is 12.5. The lowest BCUT2D eigenvalue weighted by Crippen LogP contribution is -2.38. The molecule has 2 amide bonds. The molecule has 0 unspecified atom stereocenters. The van der Waals surface area contributed by atoms with Crippen molar-refractivity contribution in [3.8, 4) is 11.5 Å².